The van der Waals surface area contributed by atoms with Crippen molar-refractivity contribution in [3.05, 3.63) is 59.5 Å². The molecule has 1 N–H and O–H groups in total. The molecule has 0 fully saturated rings. The van der Waals surface area contributed by atoms with Gasteiger partial charge in [-0.3, -0.25) is 0 Å². The van der Waals surface area contributed by atoms with E-state index in [1.54, 1.807) is 29.6 Å². The fourth-order valence-corrected chi connectivity index (χ4v) is 2.73. The summed E-state index contributed by atoms with van der Waals surface area (Å²) < 4.78 is 26.6. The van der Waals surface area contributed by atoms with Crippen molar-refractivity contribution >= 4 is 11.3 Å². The van der Waals surface area contributed by atoms with Crippen molar-refractivity contribution in [3.63, 3.8) is 0 Å². The molecule has 5 heteroatoms. The lowest BCUT2D eigenvalue weighted by Gasteiger charge is -2.00. The first-order valence-electron chi connectivity index (χ1n) is 5.84. The summed E-state index contributed by atoms with van der Waals surface area (Å²) in [7, 11) is 0. The van der Waals surface area contributed by atoms with Crippen LogP contribution in [-0.4, -0.2) is 10.1 Å². The van der Waals surface area contributed by atoms with E-state index in [1.807, 2.05) is 0 Å². The van der Waals surface area contributed by atoms with Crippen LogP contribution in [-0.2, 0) is 0 Å². The lowest BCUT2D eigenvalue weighted by Crippen LogP contribution is -1.86. The molecule has 0 amide bonds. The molecule has 0 saturated carbocycles. The Morgan fingerprint density at radius 2 is 1.80 bits per heavy atom. The summed E-state index contributed by atoms with van der Waals surface area (Å²) >= 11 is 1.29. The van der Waals surface area contributed by atoms with E-state index in [0.717, 1.165) is 6.07 Å². The van der Waals surface area contributed by atoms with Gasteiger partial charge in [-0.1, -0.05) is 12.1 Å². The Bertz CT molecular complexity index is 770. The zero-order valence-corrected chi connectivity index (χ0v) is 11.0. The van der Waals surface area contributed by atoms with Crippen molar-refractivity contribution in [2.75, 3.05) is 0 Å². The third-order valence-electron chi connectivity index (χ3n) is 2.85. The van der Waals surface area contributed by atoms with Crippen molar-refractivity contribution in [3.8, 4) is 27.6 Å². The number of benzene rings is 2. The van der Waals surface area contributed by atoms with Crippen LogP contribution in [0.1, 0.15) is 0 Å². The van der Waals surface area contributed by atoms with Crippen LogP contribution in [0.15, 0.2) is 47.8 Å². The lowest BCUT2D eigenvalue weighted by atomic mass is 10.1. The topological polar surface area (TPSA) is 33.1 Å². The minimum atomic E-state index is -0.654. The van der Waals surface area contributed by atoms with Crippen molar-refractivity contribution in [1.29, 1.82) is 0 Å². The average molecular weight is 289 g/mol. The molecule has 0 saturated heterocycles. The van der Waals surface area contributed by atoms with Gasteiger partial charge >= 0.3 is 0 Å². The Balaban J connectivity index is 2.04. The Hall–Kier alpha value is -2.27. The first kappa shape index (κ1) is 12.7. The maximum atomic E-state index is 13.7. The standard InChI is InChI=1S/C15H9F2NOS/c16-9-5-6-10(12(17)7-9)13-8-20-15(18-13)11-3-1-2-4-14(11)19/h1-8,19H. The Kier molecular flexibility index (Phi) is 3.20. The molecule has 0 atom stereocenters. The molecular formula is C15H9F2NOS. The second-order valence-electron chi connectivity index (χ2n) is 4.18. The summed E-state index contributed by atoms with van der Waals surface area (Å²) in [5.41, 5.74) is 1.25. The molecule has 1 aromatic heterocycles. The first-order chi connectivity index (χ1) is 9.65. The first-order valence-corrected chi connectivity index (χ1v) is 6.72. The number of aromatic hydroxyl groups is 1. The van der Waals surface area contributed by atoms with Gasteiger partial charge in [0.15, 0.2) is 0 Å². The molecule has 2 nitrogen and oxygen atoms in total. The van der Waals surface area contributed by atoms with E-state index >= 15 is 0 Å². The van der Waals surface area contributed by atoms with Gasteiger partial charge in [0.1, 0.15) is 22.4 Å². The monoisotopic (exact) mass is 289 g/mol. The highest BCUT2D eigenvalue weighted by Crippen LogP contribution is 2.34. The molecule has 0 unspecified atom stereocenters. The van der Waals surface area contributed by atoms with E-state index in [9.17, 15) is 13.9 Å². The quantitative estimate of drug-likeness (QED) is 0.755. The van der Waals surface area contributed by atoms with Crippen LogP contribution in [0.4, 0.5) is 8.78 Å². The highest BCUT2D eigenvalue weighted by molar-refractivity contribution is 7.13. The molecule has 0 spiro atoms. The van der Waals surface area contributed by atoms with E-state index in [1.165, 1.54) is 23.5 Å². The van der Waals surface area contributed by atoms with Gasteiger partial charge in [0.2, 0.25) is 0 Å². The van der Waals surface area contributed by atoms with Crippen LogP contribution in [0.2, 0.25) is 0 Å². The second-order valence-corrected chi connectivity index (χ2v) is 5.04. The predicted molar refractivity (Wildman–Crippen MR) is 74.6 cm³/mol. The van der Waals surface area contributed by atoms with Gasteiger partial charge in [0.25, 0.3) is 0 Å². The second kappa shape index (κ2) is 5.02. The predicted octanol–water partition coefficient (Wildman–Crippen LogP) is 4.46. The van der Waals surface area contributed by atoms with E-state index in [-0.39, 0.29) is 11.3 Å². The average Bonchev–Trinajstić information content (AvgIpc) is 2.88. The Morgan fingerprint density at radius 3 is 2.55 bits per heavy atom. The minimum Gasteiger partial charge on any atom is -0.507 e. The molecular weight excluding hydrogens is 280 g/mol. The van der Waals surface area contributed by atoms with Gasteiger partial charge < -0.3 is 5.11 Å². The fourth-order valence-electron chi connectivity index (χ4n) is 1.87. The van der Waals surface area contributed by atoms with Gasteiger partial charge in [-0.25, -0.2) is 13.8 Å². The van der Waals surface area contributed by atoms with Crippen LogP contribution in [0.5, 0.6) is 5.75 Å². The number of halogens is 2. The largest absolute Gasteiger partial charge is 0.507 e. The molecule has 0 aliphatic rings. The molecule has 2 aromatic carbocycles. The number of aromatic nitrogens is 1. The van der Waals surface area contributed by atoms with E-state index < -0.39 is 11.6 Å². The normalized spacial score (nSPS) is 10.7. The van der Waals surface area contributed by atoms with Gasteiger partial charge in [0, 0.05) is 17.0 Å². The Labute approximate surface area is 118 Å². The van der Waals surface area contributed by atoms with Crippen LogP contribution in [0, 0.1) is 11.6 Å². The summed E-state index contributed by atoms with van der Waals surface area (Å²) in [5, 5.41) is 12.0. The summed E-state index contributed by atoms with van der Waals surface area (Å²) in [6, 6.07) is 10.2. The molecule has 100 valence electrons. The van der Waals surface area contributed by atoms with Crippen LogP contribution < -0.4 is 0 Å². The number of hydrogen-bond acceptors (Lipinski definition) is 3. The number of phenolic OH excluding ortho intramolecular Hbond substituents is 1. The molecule has 0 aliphatic carbocycles. The van der Waals surface area contributed by atoms with Crippen molar-refractivity contribution < 1.29 is 13.9 Å². The molecule has 0 bridgehead atoms. The summed E-state index contributed by atoms with van der Waals surface area (Å²) in [6.45, 7) is 0. The third-order valence-corrected chi connectivity index (χ3v) is 3.72. The highest BCUT2D eigenvalue weighted by Gasteiger charge is 2.13. The van der Waals surface area contributed by atoms with E-state index in [0.29, 0.717) is 16.3 Å². The van der Waals surface area contributed by atoms with Gasteiger partial charge in [-0.15, -0.1) is 11.3 Å². The molecule has 3 rings (SSSR count). The van der Waals surface area contributed by atoms with Crippen molar-refractivity contribution in [2.45, 2.75) is 0 Å². The zero-order chi connectivity index (χ0) is 14.1. The summed E-state index contributed by atoms with van der Waals surface area (Å²) in [5.74, 6) is -1.16. The van der Waals surface area contributed by atoms with Crippen LogP contribution in [0.3, 0.4) is 0 Å². The number of rotatable bonds is 2. The smallest absolute Gasteiger partial charge is 0.135 e. The maximum absolute atomic E-state index is 13.7. The summed E-state index contributed by atoms with van der Waals surface area (Å²) in [6.07, 6.45) is 0. The van der Waals surface area contributed by atoms with E-state index in [4.69, 9.17) is 0 Å². The van der Waals surface area contributed by atoms with Gasteiger partial charge in [-0.2, -0.15) is 0 Å². The number of hydrogen-bond donors (Lipinski definition) is 1. The lowest BCUT2D eigenvalue weighted by molar-refractivity contribution is 0.477. The van der Waals surface area contributed by atoms with Crippen LogP contribution >= 0.6 is 11.3 Å². The molecule has 0 radical (unpaired) electrons. The number of nitrogens with zero attached hydrogens (tertiary/aromatic N) is 1. The van der Waals surface area contributed by atoms with Gasteiger partial charge in [0.05, 0.1) is 11.3 Å². The minimum absolute atomic E-state index is 0.118. The maximum Gasteiger partial charge on any atom is 0.135 e. The molecule has 3 aromatic rings. The zero-order valence-electron chi connectivity index (χ0n) is 10.2. The van der Waals surface area contributed by atoms with E-state index in [2.05, 4.69) is 4.98 Å². The fraction of sp³-hybridized carbons (Fsp3) is 0. The highest BCUT2D eigenvalue weighted by atomic mass is 32.1. The summed E-state index contributed by atoms with van der Waals surface area (Å²) in [4.78, 5) is 4.30. The number of thiazole rings is 1. The van der Waals surface area contributed by atoms with Crippen molar-refractivity contribution in [2.24, 2.45) is 0 Å². The number of phenols is 1. The molecule has 20 heavy (non-hydrogen) atoms. The molecule has 1 heterocycles. The van der Waals surface area contributed by atoms with Gasteiger partial charge in [-0.05, 0) is 24.3 Å². The third kappa shape index (κ3) is 2.28. The number of para-hydroxylation sites is 1. The molecule has 0 aliphatic heterocycles. The Morgan fingerprint density at radius 1 is 1.00 bits per heavy atom. The van der Waals surface area contributed by atoms with Crippen LogP contribution in [0.25, 0.3) is 21.8 Å². The SMILES string of the molecule is Oc1ccccc1-c1nc(-c2ccc(F)cc2F)cs1. The van der Waals surface area contributed by atoms with Crippen molar-refractivity contribution in [1.82, 2.24) is 4.98 Å².